The van der Waals surface area contributed by atoms with Crippen molar-refractivity contribution in [3.8, 4) is 0 Å². The minimum Gasteiger partial charge on any atom is -0.261 e. The molecule has 0 spiro atoms. The quantitative estimate of drug-likeness (QED) is 0.786. The predicted molar refractivity (Wildman–Crippen MR) is 77.7 cm³/mol. The first-order valence-electron chi connectivity index (χ1n) is 6.21. The summed E-state index contributed by atoms with van der Waals surface area (Å²) in [5, 5.41) is 0. The Balaban J connectivity index is 0.000000191. The molecule has 0 unspecified atom stereocenters. The van der Waals surface area contributed by atoms with Crippen LogP contribution in [0, 0.1) is 27.7 Å². The molecular formula is C15H20N4. The molecule has 0 fully saturated rings. The molecule has 0 aliphatic heterocycles. The lowest BCUT2D eigenvalue weighted by Crippen LogP contribution is -1.97. The van der Waals surface area contributed by atoms with Crippen LogP contribution in [0.1, 0.15) is 35.4 Å². The summed E-state index contributed by atoms with van der Waals surface area (Å²) in [6.45, 7) is 9.88. The first-order chi connectivity index (χ1) is 9.04. The summed E-state index contributed by atoms with van der Waals surface area (Å²) in [5.74, 6) is 0. The number of aromatic nitrogens is 4. The third-order valence-electron chi connectivity index (χ3n) is 2.64. The number of hydrogen-bond acceptors (Lipinski definition) is 4. The normalized spacial score (nSPS) is 10.2. The van der Waals surface area contributed by atoms with Crippen molar-refractivity contribution in [2.45, 2.75) is 34.6 Å². The van der Waals surface area contributed by atoms with Gasteiger partial charge in [0.25, 0.3) is 0 Å². The van der Waals surface area contributed by atoms with Gasteiger partial charge in [0.1, 0.15) is 0 Å². The fourth-order valence-corrected chi connectivity index (χ4v) is 1.39. The maximum atomic E-state index is 4.31. The Labute approximate surface area is 114 Å². The number of allylic oxidation sites excluding steroid dienone is 1. The van der Waals surface area contributed by atoms with Gasteiger partial charge >= 0.3 is 0 Å². The van der Waals surface area contributed by atoms with E-state index in [1.807, 2.05) is 46.8 Å². The summed E-state index contributed by atoms with van der Waals surface area (Å²) in [6, 6.07) is 0. The van der Waals surface area contributed by atoms with E-state index in [1.54, 1.807) is 18.6 Å². The molecule has 0 aromatic carbocycles. The van der Waals surface area contributed by atoms with Gasteiger partial charge in [-0.25, -0.2) is 0 Å². The number of aryl methyl sites for hydroxylation is 4. The smallest absolute Gasteiger partial charge is 0.0809 e. The van der Waals surface area contributed by atoms with E-state index in [0.717, 1.165) is 28.5 Å². The van der Waals surface area contributed by atoms with Crippen LogP contribution in [-0.4, -0.2) is 19.9 Å². The lowest BCUT2D eigenvalue weighted by atomic mass is 10.3. The van der Waals surface area contributed by atoms with Gasteiger partial charge in [-0.15, -0.1) is 0 Å². The van der Waals surface area contributed by atoms with E-state index in [4.69, 9.17) is 0 Å². The van der Waals surface area contributed by atoms with Gasteiger partial charge in [-0.05, 0) is 40.7 Å². The van der Waals surface area contributed by atoms with Gasteiger partial charge in [-0.3, -0.25) is 19.9 Å². The Kier molecular flexibility index (Phi) is 5.79. The van der Waals surface area contributed by atoms with Gasteiger partial charge in [-0.1, -0.05) is 6.08 Å². The van der Waals surface area contributed by atoms with E-state index < -0.39 is 0 Å². The average Bonchev–Trinajstić information content (AvgIpc) is 2.39. The summed E-state index contributed by atoms with van der Waals surface area (Å²) in [5.41, 5.74) is 5.03. The second kappa shape index (κ2) is 7.36. The summed E-state index contributed by atoms with van der Waals surface area (Å²) < 4.78 is 0. The average molecular weight is 256 g/mol. The fourth-order valence-electron chi connectivity index (χ4n) is 1.39. The zero-order valence-corrected chi connectivity index (χ0v) is 12.2. The summed E-state index contributed by atoms with van der Waals surface area (Å²) in [6.07, 6.45) is 8.90. The molecule has 0 aliphatic carbocycles. The zero-order valence-electron chi connectivity index (χ0n) is 12.2. The molecule has 4 nitrogen and oxygen atoms in total. The highest BCUT2D eigenvalue weighted by Crippen LogP contribution is 2.04. The van der Waals surface area contributed by atoms with Crippen molar-refractivity contribution in [1.82, 2.24) is 19.9 Å². The minimum absolute atomic E-state index is 0.903. The van der Waals surface area contributed by atoms with Crippen molar-refractivity contribution in [2.75, 3.05) is 0 Å². The van der Waals surface area contributed by atoms with Crippen molar-refractivity contribution in [1.29, 1.82) is 0 Å². The standard InChI is InChI=1S/C8H12N2.C7H8N2/c1-5-6(2)10-8(4)7(3)9-5;1-2-3-7-6-8-4-5-9-7/h1-4H3;2-6H,1H3. The molecule has 2 heterocycles. The molecular weight excluding hydrogens is 236 g/mol. The van der Waals surface area contributed by atoms with Crippen LogP contribution in [0.2, 0.25) is 0 Å². The highest BCUT2D eigenvalue weighted by molar-refractivity contribution is 5.41. The van der Waals surface area contributed by atoms with Crippen molar-refractivity contribution >= 4 is 6.08 Å². The van der Waals surface area contributed by atoms with Crippen LogP contribution in [0.15, 0.2) is 24.7 Å². The molecule has 0 N–H and O–H groups in total. The molecule has 0 atom stereocenters. The van der Waals surface area contributed by atoms with Gasteiger partial charge in [-0.2, -0.15) is 0 Å². The van der Waals surface area contributed by atoms with Crippen LogP contribution < -0.4 is 0 Å². The Morgan fingerprint density at radius 1 is 0.842 bits per heavy atom. The minimum atomic E-state index is 0.903. The van der Waals surface area contributed by atoms with Crippen molar-refractivity contribution in [3.05, 3.63) is 53.1 Å². The van der Waals surface area contributed by atoms with E-state index in [9.17, 15) is 0 Å². The van der Waals surface area contributed by atoms with Crippen molar-refractivity contribution < 1.29 is 0 Å². The monoisotopic (exact) mass is 256 g/mol. The molecule has 0 saturated heterocycles. The third kappa shape index (κ3) is 4.95. The molecule has 0 saturated carbocycles. The van der Waals surface area contributed by atoms with Crippen LogP contribution in [0.5, 0.6) is 0 Å². The maximum Gasteiger partial charge on any atom is 0.0809 e. The zero-order chi connectivity index (χ0) is 14.3. The van der Waals surface area contributed by atoms with Crippen LogP contribution >= 0.6 is 0 Å². The predicted octanol–water partition coefficient (Wildman–Crippen LogP) is 3.22. The molecule has 4 heteroatoms. The maximum absolute atomic E-state index is 4.31. The lowest BCUT2D eigenvalue weighted by molar-refractivity contribution is 0.959. The molecule has 0 aliphatic rings. The van der Waals surface area contributed by atoms with Gasteiger partial charge in [0, 0.05) is 12.4 Å². The molecule has 0 radical (unpaired) electrons. The molecule has 0 amide bonds. The molecule has 19 heavy (non-hydrogen) atoms. The molecule has 2 rings (SSSR count). The topological polar surface area (TPSA) is 51.6 Å². The van der Waals surface area contributed by atoms with Crippen molar-refractivity contribution in [3.63, 3.8) is 0 Å². The van der Waals surface area contributed by atoms with E-state index in [2.05, 4.69) is 19.9 Å². The van der Waals surface area contributed by atoms with Crippen LogP contribution in [0.4, 0.5) is 0 Å². The summed E-state index contributed by atoms with van der Waals surface area (Å²) in [4.78, 5) is 16.5. The second-order valence-electron chi connectivity index (χ2n) is 4.20. The fraction of sp³-hybridized carbons (Fsp3) is 0.333. The van der Waals surface area contributed by atoms with Gasteiger partial charge in [0.2, 0.25) is 0 Å². The van der Waals surface area contributed by atoms with Gasteiger partial charge in [0.05, 0.1) is 34.7 Å². The summed E-state index contributed by atoms with van der Waals surface area (Å²) >= 11 is 0. The molecule has 2 aromatic heterocycles. The Hall–Kier alpha value is -2.10. The first-order valence-corrected chi connectivity index (χ1v) is 6.21. The Morgan fingerprint density at radius 2 is 1.37 bits per heavy atom. The second-order valence-corrected chi connectivity index (χ2v) is 4.20. The van der Waals surface area contributed by atoms with Crippen LogP contribution in [0.25, 0.3) is 6.08 Å². The molecule has 2 aromatic rings. The molecule has 100 valence electrons. The van der Waals surface area contributed by atoms with Gasteiger partial charge in [0.15, 0.2) is 0 Å². The first kappa shape index (κ1) is 15.0. The van der Waals surface area contributed by atoms with Crippen LogP contribution in [-0.2, 0) is 0 Å². The third-order valence-corrected chi connectivity index (χ3v) is 2.64. The van der Waals surface area contributed by atoms with Crippen molar-refractivity contribution in [2.24, 2.45) is 0 Å². The van der Waals surface area contributed by atoms with E-state index in [0.29, 0.717) is 0 Å². The lowest BCUT2D eigenvalue weighted by Gasteiger charge is -2.01. The number of hydrogen-bond donors (Lipinski definition) is 0. The highest BCUT2D eigenvalue weighted by Gasteiger charge is 1.98. The SMILES string of the molecule is CC=Cc1cnccn1.Cc1nc(C)c(C)nc1C. The number of rotatable bonds is 1. The largest absolute Gasteiger partial charge is 0.261 e. The summed E-state index contributed by atoms with van der Waals surface area (Å²) in [7, 11) is 0. The van der Waals surface area contributed by atoms with Gasteiger partial charge < -0.3 is 0 Å². The Morgan fingerprint density at radius 3 is 1.74 bits per heavy atom. The Bertz CT molecular complexity index is 497. The van der Waals surface area contributed by atoms with E-state index in [-0.39, 0.29) is 0 Å². The van der Waals surface area contributed by atoms with E-state index in [1.165, 1.54) is 0 Å². The number of nitrogens with zero attached hydrogens (tertiary/aromatic N) is 4. The van der Waals surface area contributed by atoms with E-state index >= 15 is 0 Å². The van der Waals surface area contributed by atoms with Crippen LogP contribution in [0.3, 0.4) is 0 Å². The molecule has 0 bridgehead atoms. The highest BCUT2D eigenvalue weighted by atomic mass is 14.8.